The van der Waals surface area contributed by atoms with Gasteiger partial charge in [0.05, 0.1) is 6.42 Å². The molecule has 0 spiro atoms. The summed E-state index contributed by atoms with van der Waals surface area (Å²) >= 11 is 0. The SMILES string of the molecule is O=C(O)C[C@@H]1C[C@@]1(NC(=O)OCC1c2ccccc2-c2ccccc21)C(=O)O. The largest absolute Gasteiger partial charge is 0.481 e. The summed E-state index contributed by atoms with van der Waals surface area (Å²) in [5, 5.41) is 20.7. The summed E-state index contributed by atoms with van der Waals surface area (Å²) in [5.41, 5.74) is 2.75. The number of hydrogen-bond acceptors (Lipinski definition) is 4. The molecular weight excluding hydrogens is 362 g/mol. The van der Waals surface area contributed by atoms with Crippen LogP contribution < -0.4 is 5.32 Å². The highest BCUT2D eigenvalue weighted by Gasteiger charge is 2.62. The maximum atomic E-state index is 12.3. The molecule has 0 saturated heterocycles. The molecule has 28 heavy (non-hydrogen) atoms. The van der Waals surface area contributed by atoms with Crippen molar-refractivity contribution < 1.29 is 29.3 Å². The maximum absolute atomic E-state index is 12.3. The Morgan fingerprint density at radius 3 is 2.11 bits per heavy atom. The van der Waals surface area contributed by atoms with Crippen LogP contribution >= 0.6 is 0 Å². The van der Waals surface area contributed by atoms with Gasteiger partial charge in [-0.1, -0.05) is 48.5 Å². The Morgan fingerprint density at radius 1 is 1.00 bits per heavy atom. The molecule has 3 N–H and O–H groups in total. The monoisotopic (exact) mass is 381 g/mol. The zero-order valence-electron chi connectivity index (χ0n) is 14.9. The third-order valence-electron chi connectivity index (χ3n) is 5.58. The first-order chi connectivity index (χ1) is 13.4. The van der Waals surface area contributed by atoms with Crippen LogP contribution in [0.15, 0.2) is 48.5 Å². The van der Waals surface area contributed by atoms with Crippen LogP contribution in [0.5, 0.6) is 0 Å². The van der Waals surface area contributed by atoms with Crippen LogP contribution in [-0.4, -0.2) is 40.4 Å². The smallest absolute Gasteiger partial charge is 0.408 e. The molecule has 4 rings (SSSR count). The van der Waals surface area contributed by atoms with Crippen LogP contribution in [0.3, 0.4) is 0 Å². The van der Waals surface area contributed by atoms with E-state index in [4.69, 9.17) is 9.84 Å². The summed E-state index contributed by atoms with van der Waals surface area (Å²) in [7, 11) is 0. The highest BCUT2D eigenvalue weighted by molar-refractivity contribution is 5.89. The molecule has 1 amide bonds. The summed E-state index contributed by atoms with van der Waals surface area (Å²) in [5.74, 6) is -3.11. The van der Waals surface area contributed by atoms with Crippen LogP contribution in [-0.2, 0) is 14.3 Å². The number of amides is 1. The summed E-state index contributed by atoms with van der Waals surface area (Å²) in [6.07, 6.45) is -1.08. The topological polar surface area (TPSA) is 113 Å². The Kier molecular flexibility index (Phi) is 4.30. The number of nitrogens with one attached hydrogen (secondary N) is 1. The third kappa shape index (κ3) is 2.98. The van der Waals surface area contributed by atoms with E-state index in [2.05, 4.69) is 5.32 Å². The Morgan fingerprint density at radius 2 is 1.57 bits per heavy atom. The molecule has 1 fully saturated rings. The van der Waals surface area contributed by atoms with Crippen molar-refractivity contribution in [1.29, 1.82) is 0 Å². The second-order valence-corrected chi connectivity index (χ2v) is 7.23. The Hall–Kier alpha value is -3.35. The molecule has 2 aliphatic carbocycles. The molecule has 2 atom stereocenters. The molecule has 0 unspecified atom stereocenters. The first-order valence-corrected chi connectivity index (χ1v) is 9.00. The standard InChI is InChI=1S/C21H19NO6/c23-18(24)9-12-10-21(12,19(25)26)22-20(27)28-11-17-15-7-3-1-5-13(15)14-6-2-4-8-16(14)17/h1-8,12,17H,9-11H2,(H,22,27)(H,23,24)(H,25,26)/t12-,21+/m1/s1. The second kappa shape index (κ2) is 6.67. The van der Waals surface area contributed by atoms with Gasteiger partial charge in [-0.15, -0.1) is 0 Å². The lowest BCUT2D eigenvalue weighted by Gasteiger charge is -2.17. The molecule has 2 aromatic carbocycles. The minimum atomic E-state index is -1.55. The van der Waals surface area contributed by atoms with E-state index in [1.54, 1.807) is 0 Å². The van der Waals surface area contributed by atoms with Crippen molar-refractivity contribution in [2.45, 2.75) is 24.3 Å². The molecular formula is C21H19NO6. The first-order valence-electron chi connectivity index (χ1n) is 9.00. The van der Waals surface area contributed by atoms with Gasteiger partial charge in [0.25, 0.3) is 0 Å². The van der Waals surface area contributed by atoms with E-state index in [0.29, 0.717) is 0 Å². The number of carboxylic acids is 2. The molecule has 0 radical (unpaired) electrons. The van der Waals surface area contributed by atoms with Crippen LogP contribution in [0, 0.1) is 5.92 Å². The van der Waals surface area contributed by atoms with Gasteiger partial charge in [0.2, 0.25) is 0 Å². The summed E-state index contributed by atoms with van der Waals surface area (Å²) in [6, 6.07) is 15.8. The fourth-order valence-electron chi connectivity index (χ4n) is 4.07. The fourth-order valence-corrected chi connectivity index (χ4v) is 4.07. The molecule has 0 heterocycles. The van der Waals surface area contributed by atoms with Gasteiger partial charge in [-0.2, -0.15) is 0 Å². The number of carboxylic acid groups (broad SMARTS) is 2. The normalized spacial score (nSPS) is 22.1. The zero-order chi connectivity index (χ0) is 19.9. The summed E-state index contributed by atoms with van der Waals surface area (Å²) < 4.78 is 5.36. The van der Waals surface area contributed by atoms with Crippen LogP contribution in [0.4, 0.5) is 4.79 Å². The lowest BCUT2D eigenvalue weighted by molar-refractivity contribution is -0.141. The summed E-state index contributed by atoms with van der Waals surface area (Å²) in [4.78, 5) is 34.6. The molecule has 144 valence electrons. The molecule has 7 nitrogen and oxygen atoms in total. The van der Waals surface area contributed by atoms with Crippen molar-refractivity contribution in [3.05, 3.63) is 59.7 Å². The van der Waals surface area contributed by atoms with E-state index in [1.807, 2.05) is 48.5 Å². The van der Waals surface area contributed by atoms with Gasteiger partial charge in [-0.3, -0.25) is 4.79 Å². The number of fused-ring (bicyclic) bond motifs is 3. The average Bonchev–Trinajstić information content (AvgIpc) is 3.24. The first kappa shape index (κ1) is 18.0. The van der Waals surface area contributed by atoms with Gasteiger partial charge in [0.15, 0.2) is 0 Å². The van der Waals surface area contributed by atoms with E-state index in [0.717, 1.165) is 22.3 Å². The van der Waals surface area contributed by atoms with E-state index in [-0.39, 0.29) is 25.4 Å². The van der Waals surface area contributed by atoms with Gasteiger partial charge >= 0.3 is 18.0 Å². The van der Waals surface area contributed by atoms with Crippen molar-refractivity contribution in [2.75, 3.05) is 6.61 Å². The van der Waals surface area contributed by atoms with Gasteiger partial charge in [0, 0.05) is 11.8 Å². The van der Waals surface area contributed by atoms with Crippen molar-refractivity contribution in [3.8, 4) is 11.1 Å². The number of benzene rings is 2. The van der Waals surface area contributed by atoms with E-state index in [1.165, 1.54) is 0 Å². The van der Waals surface area contributed by atoms with Crippen LogP contribution in [0.2, 0.25) is 0 Å². The minimum absolute atomic E-state index is 0.0686. The van der Waals surface area contributed by atoms with E-state index in [9.17, 15) is 19.5 Å². The van der Waals surface area contributed by atoms with Crippen molar-refractivity contribution in [1.82, 2.24) is 5.32 Å². The lowest BCUT2D eigenvalue weighted by Crippen LogP contribution is -2.45. The second-order valence-electron chi connectivity index (χ2n) is 7.23. The predicted molar refractivity (Wildman–Crippen MR) is 98.9 cm³/mol. The van der Waals surface area contributed by atoms with Crippen LogP contribution in [0.25, 0.3) is 11.1 Å². The number of carbonyl (C=O) groups is 3. The Balaban J connectivity index is 1.46. The minimum Gasteiger partial charge on any atom is -0.481 e. The van der Waals surface area contributed by atoms with Gasteiger partial charge < -0.3 is 20.3 Å². The fraction of sp³-hybridized carbons (Fsp3) is 0.286. The molecule has 0 bridgehead atoms. The number of rotatable bonds is 6. The zero-order valence-corrected chi connectivity index (χ0v) is 14.9. The number of aliphatic carboxylic acids is 2. The molecule has 7 heteroatoms. The van der Waals surface area contributed by atoms with Gasteiger partial charge in [-0.25, -0.2) is 9.59 Å². The van der Waals surface area contributed by atoms with Crippen molar-refractivity contribution >= 4 is 18.0 Å². The molecule has 1 saturated carbocycles. The van der Waals surface area contributed by atoms with E-state index >= 15 is 0 Å². The van der Waals surface area contributed by atoms with E-state index < -0.39 is 29.5 Å². The quantitative estimate of drug-likeness (QED) is 0.709. The highest BCUT2D eigenvalue weighted by atomic mass is 16.5. The van der Waals surface area contributed by atoms with Crippen molar-refractivity contribution in [3.63, 3.8) is 0 Å². The number of alkyl carbamates (subject to hydrolysis) is 1. The number of carbonyl (C=O) groups excluding carboxylic acids is 1. The molecule has 0 aliphatic heterocycles. The highest BCUT2D eigenvalue weighted by Crippen LogP contribution is 2.47. The van der Waals surface area contributed by atoms with Gasteiger partial charge in [0.1, 0.15) is 12.1 Å². The summed E-state index contributed by atoms with van der Waals surface area (Å²) in [6.45, 7) is 0.0686. The number of hydrogen-bond donors (Lipinski definition) is 3. The average molecular weight is 381 g/mol. The third-order valence-corrected chi connectivity index (χ3v) is 5.58. The predicted octanol–water partition coefficient (Wildman–Crippen LogP) is 2.84. The Bertz CT molecular complexity index is 925. The molecule has 2 aromatic rings. The van der Waals surface area contributed by atoms with Crippen molar-refractivity contribution in [2.24, 2.45) is 5.92 Å². The Labute approximate surface area is 160 Å². The van der Waals surface area contributed by atoms with Crippen LogP contribution in [0.1, 0.15) is 29.9 Å². The maximum Gasteiger partial charge on any atom is 0.408 e. The lowest BCUT2D eigenvalue weighted by atomic mass is 9.98. The molecule has 0 aromatic heterocycles. The molecule has 2 aliphatic rings. The number of ether oxygens (including phenoxy) is 1. The van der Waals surface area contributed by atoms with Gasteiger partial charge in [-0.05, 0) is 28.7 Å².